The monoisotopic (exact) mass is 297 g/mol. The molecule has 0 unspecified atom stereocenters. The number of halogens is 1. The van der Waals surface area contributed by atoms with Crippen molar-refractivity contribution in [1.82, 2.24) is 5.43 Å². The summed E-state index contributed by atoms with van der Waals surface area (Å²) in [5.74, 6) is -0.473. The Labute approximate surface area is 126 Å². The highest BCUT2D eigenvalue weighted by Gasteiger charge is 2.05. The second-order valence-corrected chi connectivity index (χ2v) is 4.24. The molecule has 0 heterocycles. The van der Waals surface area contributed by atoms with Gasteiger partial charge < -0.3 is 4.74 Å². The Bertz CT molecular complexity index is 721. The minimum atomic E-state index is -0.467. The topological polar surface area (TPSA) is 74.5 Å². The Morgan fingerprint density at radius 2 is 2.00 bits per heavy atom. The van der Waals surface area contributed by atoms with Gasteiger partial charge in [0.1, 0.15) is 17.6 Å². The maximum absolute atomic E-state index is 12.7. The molecule has 5 nitrogen and oxygen atoms in total. The summed E-state index contributed by atoms with van der Waals surface area (Å²) in [6.07, 6.45) is 1.39. The van der Waals surface area contributed by atoms with E-state index in [1.807, 2.05) is 6.07 Å². The van der Waals surface area contributed by atoms with Gasteiger partial charge in [-0.15, -0.1) is 0 Å². The molecule has 2 aromatic rings. The number of ether oxygens (including phenoxy) is 1. The van der Waals surface area contributed by atoms with Crippen molar-refractivity contribution in [2.45, 2.75) is 0 Å². The lowest BCUT2D eigenvalue weighted by Crippen LogP contribution is -2.24. The Kier molecular flexibility index (Phi) is 5.21. The molecule has 0 saturated heterocycles. The first kappa shape index (κ1) is 15.2. The van der Waals surface area contributed by atoms with E-state index in [1.165, 1.54) is 30.5 Å². The molecular weight excluding hydrogens is 285 g/mol. The van der Waals surface area contributed by atoms with Crippen molar-refractivity contribution < 1.29 is 13.9 Å². The summed E-state index contributed by atoms with van der Waals surface area (Å²) >= 11 is 0. The number of nitrogens with one attached hydrogen (secondary N) is 1. The lowest BCUT2D eigenvalue weighted by Gasteiger charge is -2.06. The summed E-state index contributed by atoms with van der Waals surface area (Å²) in [5.41, 5.74) is 3.28. The van der Waals surface area contributed by atoms with E-state index in [0.717, 1.165) is 0 Å². The molecule has 2 aromatic carbocycles. The zero-order chi connectivity index (χ0) is 15.8. The van der Waals surface area contributed by atoms with E-state index in [-0.39, 0.29) is 12.4 Å². The van der Waals surface area contributed by atoms with E-state index in [9.17, 15) is 9.18 Å². The fourth-order valence-electron chi connectivity index (χ4n) is 1.59. The first-order valence-corrected chi connectivity index (χ1v) is 6.38. The van der Waals surface area contributed by atoms with Gasteiger partial charge in [0, 0.05) is 0 Å². The molecule has 0 spiro atoms. The minimum absolute atomic E-state index is 0.264. The van der Waals surface area contributed by atoms with Crippen LogP contribution in [-0.2, 0) is 4.79 Å². The molecule has 0 aliphatic carbocycles. The van der Waals surface area contributed by atoms with Crippen molar-refractivity contribution in [3.63, 3.8) is 0 Å². The zero-order valence-corrected chi connectivity index (χ0v) is 11.5. The number of amides is 1. The standard InChI is InChI=1S/C16H12FN3O2/c17-14-7-5-12(6-8-14)10-19-20-16(21)11-22-15-4-2-1-3-13(15)9-18/h1-8,10H,11H2,(H,20,21)/b19-10+. The lowest BCUT2D eigenvalue weighted by atomic mass is 10.2. The number of hydrogen-bond donors (Lipinski definition) is 1. The fourth-order valence-corrected chi connectivity index (χ4v) is 1.59. The van der Waals surface area contributed by atoms with Gasteiger partial charge in [-0.25, -0.2) is 9.82 Å². The highest BCUT2D eigenvalue weighted by molar-refractivity contribution is 5.82. The summed E-state index contributed by atoms with van der Waals surface area (Å²) in [6, 6.07) is 14.2. The van der Waals surface area contributed by atoms with Crippen LogP contribution in [0.1, 0.15) is 11.1 Å². The first-order valence-electron chi connectivity index (χ1n) is 6.38. The molecule has 0 aromatic heterocycles. The number of rotatable bonds is 5. The average Bonchev–Trinajstić information content (AvgIpc) is 2.55. The molecule has 22 heavy (non-hydrogen) atoms. The van der Waals surface area contributed by atoms with Crippen LogP contribution in [-0.4, -0.2) is 18.7 Å². The summed E-state index contributed by atoms with van der Waals surface area (Å²) in [5, 5.41) is 12.6. The number of nitriles is 1. The third-order valence-corrected chi connectivity index (χ3v) is 2.64. The van der Waals surface area contributed by atoms with Gasteiger partial charge in [-0.1, -0.05) is 24.3 Å². The van der Waals surface area contributed by atoms with Gasteiger partial charge in [-0.2, -0.15) is 10.4 Å². The molecule has 0 aliphatic heterocycles. The molecule has 1 amide bonds. The summed E-state index contributed by atoms with van der Waals surface area (Å²) < 4.78 is 18.0. The molecule has 0 bridgehead atoms. The number of carbonyl (C=O) groups excluding carboxylic acids is 1. The Morgan fingerprint density at radius 3 is 2.73 bits per heavy atom. The highest BCUT2D eigenvalue weighted by atomic mass is 19.1. The van der Waals surface area contributed by atoms with Gasteiger partial charge in [0.15, 0.2) is 6.61 Å². The van der Waals surface area contributed by atoms with Gasteiger partial charge in [0.2, 0.25) is 0 Å². The van der Waals surface area contributed by atoms with Crippen LogP contribution in [0.25, 0.3) is 0 Å². The molecule has 0 fully saturated rings. The molecule has 0 atom stereocenters. The molecule has 2 rings (SSSR count). The van der Waals surface area contributed by atoms with E-state index in [2.05, 4.69) is 10.5 Å². The number of hydrazone groups is 1. The third-order valence-electron chi connectivity index (χ3n) is 2.64. The molecule has 0 aliphatic rings. The largest absolute Gasteiger partial charge is 0.482 e. The summed E-state index contributed by atoms with van der Waals surface area (Å²) in [7, 11) is 0. The molecular formula is C16H12FN3O2. The van der Waals surface area contributed by atoms with Crippen molar-refractivity contribution in [2.24, 2.45) is 5.10 Å². The van der Waals surface area contributed by atoms with Gasteiger partial charge in [-0.05, 0) is 29.8 Å². The van der Waals surface area contributed by atoms with Crippen molar-refractivity contribution in [3.8, 4) is 11.8 Å². The normalized spacial score (nSPS) is 10.2. The van der Waals surface area contributed by atoms with Gasteiger partial charge in [-0.3, -0.25) is 4.79 Å². The Hall–Kier alpha value is -3.20. The Balaban J connectivity index is 1.83. The van der Waals surface area contributed by atoms with E-state index < -0.39 is 5.91 Å². The zero-order valence-electron chi connectivity index (χ0n) is 11.5. The van der Waals surface area contributed by atoms with Crippen LogP contribution in [0.2, 0.25) is 0 Å². The molecule has 1 N–H and O–H groups in total. The summed E-state index contributed by atoms with van der Waals surface area (Å²) in [6.45, 7) is -0.264. The van der Waals surface area contributed by atoms with Gasteiger partial charge >= 0.3 is 0 Å². The van der Waals surface area contributed by atoms with E-state index in [0.29, 0.717) is 16.9 Å². The molecule has 110 valence electrons. The predicted molar refractivity (Wildman–Crippen MR) is 78.8 cm³/mol. The van der Waals surface area contributed by atoms with Crippen LogP contribution in [0.15, 0.2) is 53.6 Å². The molecule has 0 radical (unpaired) electrons. The summed E-state index contributed by atoms with van der Waals surface area (Å²) in [4.78, 5) is 11.6. The lowest BCUT2D eigenvalue weighted by molar-refractivity contribution is -0.123. The second-order valence-electron chi connectivity index (χ2n) is 4.24. The van der Waals surface area contributed by atoms with Gasteiger partial charge in [0.25, 0.3) is 5.91 Å². The van der Waals surface area contributed by atoms with Crippen LogP contribution in [0.5, 0.6) is 5.75 Å². The second kappa shape index (κ2) is 7.55. The SMILES string of the molecule is N#Cc1ccccc1OCC(=O)N/N=C/c1ccc(F)cc1. The highest BCUT2D eigenvalue weighted by Crippen LogP contribution is 2.16. The Morgan fingerprint density at radius 1 is 1.27 bits per heavy atom. The number of hydrogen-bond acceptors (Lipinski definition) is 4. The van der Waals surface area contributed by atoms with Crippen LogP contribution in [0.4, 0.5) is 4.39 Å². The number of nitrogens with zero attached hydrogens (tertiary/aromatic N) is 2. The molecule has 0 saturated carbocycles. The predicted octanol–water partition coefficient (Wildman–Crippen LogP) is 2.23. The smallest absolute Gasteiger partial charge is 0.277 e. The van der Waals surface area contributed by atoms with Crippen LogP contribution < -0.4 is 10.2 Å². The van der Waals surface area contributed by atoms with E-state index >= 15 is 0 Å². The maximum Gasteiger partial charge on any atom is 0.277 e. The quantitative estimate of drug-likeness (QED) is 0.679. The fraction of sp³-hybridized carbons (Fsp3) is 0.0625. The third kappa shape index (κ3) is 4.42. The first-order chi connectivity index (χ1) is 10.7. The van der Waals surface area contributed by atoms with Crippen molar-refractivity contribution in [2.75, 3.05) is 6.61 Å². The minimum Gasteiger partial charge on any atom is -0.482 e. The van der Waals surface area contributed by atoms with Crippen molar-refractivity contribution in [1.29, 1.82) is 5.26 Å². The number of benzene rings is 2. The van der Waals surface area contributed by atoms with Crippen molar-refractivity contribution >= 4 is 12.1 Å². The average molecular weight is 297 g/mol. The van der Waals surface area contributed by atoms with Crippen LogP contribution in [0, 0.1) is 17.1 Å². The van der Waals surface area contributed by atoms with Crippen LogP contribution >= 0.6 is 0 Å². The van der Waals surface area contributed by atoms with E-state index in [4.69, 9.17) is 10.00 Å². The van der Waals surface area contributed by atoms with Crippen molar-refractivity contribution in [3.05, 3.63) is 65.5 Å². The van der Waals surface area contributed by atoms with Crippen LogP contribution in [0.3, 0.4) is 0 Å². The van der Waals surface area contributed by atoms with E-state index in [1.54, 1.807) is 24.3 Å². The van der Waals surface area contributed by atoms with Gasteiger partial charge in [0.05, 0.1) is 11.8 Å². The molecule has 6 heteroatoms. The number of para-hydroxylation sites is 1. The maximum atomic E-state index is 12.7. The number of carbonyl (C=O) groups is 1.